The first-order chi connectivity index (χ1) is 12.7. The Balaban J connectivity index is 1.57. The van der Waals surface area contributed by atoms with Crippen molar-refractivity contribution in [3.05, 3.63) is 35.7 Å². The molecule has 0 aliphatic carbocycles. The van der Waals surface area contributed by atoms with E-state index in [1.807, 2.05) is 0 Å². The number of aromatic nitrogens is 3. The van der Waals surface area contributed by atoms with Crippen LogP contribution in [0, 0.1) is 17.6 Å². The number of nitrogens with one attached hydrogen (secondary N) is 1. The van der Waals surface area contributed by atoms with Gasteiger partial charge >= 0.3 is 0 Å². The summed E-state index contributed by atoms with van der Waals surface area (Å²) in [7, 11) is -1.23. The first-order valence-corrected chi connectivity index (χ1v) is 11.0. The van der Waals surface area contributed by atoms with E-state index in [4.69, 9.17) is 0 Å². The summed E-state index contributed by atoms with van der Waals surface area (Å²) in [4.78, 5) is 12.0. The summed E-state index contributed by atoms with van der Waals surface area (Å²) in [6, 6.07) is 3.33. The standard InChI is InChI=1S/C16H18F2N4O3S2/c1-22-13(7-10-5-6-27(24,25)9-10)20-21-16(22)26-8-14(23)19-15-11(17)3-2-4-12(15)18/h2-4,10H,5-9H2,1H3,(H,19,23)/t10-/m0/s1. The number of hydrogen-bond acceptors (Lipinski definition) is 6. The number of carbonyl (C=O) groups is 1. The lowest BCUT2D eigenvalue weighted by Crippen LogP contribution is -2.16. The second kappa shape index (κ2) is 7.93. The zero-order valence-corrected chi connectivity index (χ0v) is 16.1. The Kier molecular flexibility index (Phi) is 5.80. The van der Waals surface area contributed by atoms with E-state index in [-0.39, 0.29) is 23.2 Å². The van der Waals surface area contributed by atoms with Gasteiger partial charge in [-0.1, -0.05) is 17.8 Å². The summed E-state index contributed by atoms with van der Waals surface area (Å²) >= 11 is 1.08. The molecule has 146 valence electrons. The Morgan fingerprint density at radius 1 is 1.33 bits per heavy atom. The van der Waals surface area contributed by atoms with Crippen molar-refractivity contribution < 1.29 is 22.0 Å². The Bertz CT molecular complexity index is 942. The van der Waals surface area contributed by atoms with Gasteiger partial charge in [-0.05, 0) is 24.5 Å². The Labute approximate surface area is 159 Å². The Morgan fingerprint density at radius 2 is 2.04 bits per heavy atom. The van der Waals surface area contributed by atoms with E-state index in [9.17, 15) is 22.0 Å². The first-order valence-electron chi connectivity index (χ1n) is 8.20. The maximum Gasteiger partial charge on any atom is 0.235 e. The average molecular weight is 416 g/mol. The lowest BCUT2D eigenvalue weighted by atomic mass is 10.1. The van der Waals surface area contributed by atoms with Gasteiger partial charge in [-0.3, -0.25) is 4.79 Å². The maximum absolute atomic E-state index is 13.6. The zero-order chi connectivity index (χ0) is 19.6. The number of carbonyl (C=O) groups excluding carboxylic acids is 1. The molecular weight excluding hydrogens is 398 g/mol. The molecule has 3 rings (SSSR count). The zero-order valence-electron chi connectivity index (χ0n) is 14.5. The minimum Gasteiger partial charge on any atom is -0.320 e. The van der Waals surface area contributed by atoms with Crippen molar-refractivity contribution in [2.24, 2.45) is 13.0 Å². The number of nitrogens with zero attached hydrogens (tertiary/aromatic N) is 3. The van der Waals surface area contributed by atoms with Gasteiger partial charge in [0.15, 0.2) is 15.0 Å². The molecule has 1 amide bonds. The van der Waals surface area contributed by atoms with Crippen molar-refractivity contribution in [1.82, 2.24) is 14.8 Å². The van der Waals surface area contributed by atoms with Gasteiger partial charge in [0.05, 0.1) is 17.3 Å². The second-order valence-electron chi connectivity index (χ2n) is 6.36. The summed E-state index contributed by atoms with van der Waals surface area (Å²) in [5, 5.41) is 10.7. The van der Waals surface area contributed by atoms with E-state index in [1.54, 1.807) is 11.6 Å². The molecule has 1 aromatic heterocycles. The van der Waals surface area contributed by atoms with Crippen molar-refractivity contribution in [2.75, 3.05) is 22.6 Å². The molecule has 1 aliphatic heterocycles. The number of para-hydroxylation sites is 1. The molecule has 27 heavy (non-hydrogen) atoms. The van der Waals surface area contributed by atoms with Crippen LogP contribution in [0.5, 0.6) is 0 Å². The van der Waals surface area contributed by atoms with E-state index >= 15 is 0 Å². The highest BCUT2D eigenvalue weighted by Crippen LogP contribution is 2.24. The highest BCUT2D eigenvalue weighted by molar-refractivity contribution is 7.99. The smallest absolute Gasteiger partial charge is 0.235 e. The van der Waals surface area contributed by atoms with Crippen LogP contribution in [0.3, 0.4) is 0 Å². The summed E-state index contributed by atoms with van der Waals surface area (Å²) in [5.74, 6) is -1.36. The molecule has 1 N–H and O–H groups in total. The van der Waals surface area contributed by atoms with Crippen molar-refractivity contribution in [1.29, 1.82) is 0 Å². The summed E-state index contributed by atoms with van der Waals surface area (Å²) in [5.41, 5.74) is -0.482. The minimum absolute atomic E-state index is 0.0167. The predicted molar refractivity (Wildman–Crippen MR) is 97.2 cm³/mol. The van der Waals surface area contributed by atoms with Gasteiger partial charge in [-0.15, -0.1) is 10.2 Å². The molecule has 1 atom stereocenters. The number of thioether (sulfide) groups is 1. The number of halogens is 2. The van der Waals surface area contributed by atoms with Crippen LogP contribution in [-0.4, -0.2) is 46.3 Å². The van der Waals surface area contributed by atoms with E-state index in [0.717, 1.165) is 23.9 Å². The van der Waals surface area contributed by atoms with Gasteiger partial charge in [0.2, 0.25) is 5.91 Å². The molecule has 11 heteroatoms. The molecule has 0 spiro atoms. The van der Waals surface area contributed by atoms with Crippen LogP contribution in [0.15, 0.2) is 23.4 Å². The molecule has 2 aromatic rings. The fourth-order valence-corrected chi connectivity index (χ4v) is 5.45. The van der Waals surface area contributed by atoms with Crippen LogP contribution >= 0.6 is 11.8 Å². The predicted octanol–water partition coefficient (Wildman–Crippen LogP) is 1.80. The van der Waals surface area contributed by atoms with Gasteiger partial charge in [-0.2, -0.15) is 0 Å². The molecule has 2 heterocycles. The van der Waals surface area contributed by atoms with Gasteiger partial charge < -0.3 is 9.88 Å². The van der Waals surface area contributed by atoms with Crippen molar-refractivity contribution >= 4 is 33.2 Å². The number of rotatable bonds is 6. The van der Waals surface area contributed by atoms with E-state index < -0.39 is 33.1 Å². The third kappa shape index (κ3) is 4.83. The maximum atomic E-state index is 13.6. The van der Waals surface area contributed by atoms with Crippen LogP contribution in [0.1, 0.15) is 12.2 Å². The highest BCUT2D eigenvalue weighted by atomic mass is 32.2. The van der Waals surface area contributed by atoms with Crippen LogP contribution in [0.4, 0.5) is 14.5 Å². The molecule has 0 bridgehead atoms. The Hall–Kier alpha value is -2.01. The number of sulfone groups is 1. The van der Waals surface area contributed by atoms with Gasteiger partial charge in [0.25, 0.3) is 0 Å². The molecular formula is C16H18F2N4O3S2. The fraction of sp³-hybridized carbons (Fsp3) is 0.438. The fourth-order valence-electron chi connectivity index (χ4n) is 2.86. The van der Waals surface area contributed by atoms with Gasteiger partial charge in [0.1, 0.15) is 23.1 Å². The molecule has 1 saturated heterocycles. The third-order valence-electron chi connectivity index (χ3n) is 4.28. The van der Waals surface area contributed by atoms with Crippen molar-refractivity contribution in [3.63, 3.8) is 0 Å². The van der Waals surface area contributed by atoms with Crippen LogP contribution in [0.25, 0.3) is 0 Å². The number of amides is 1. The topological polar surface area (TPSA) is 93.9 Å². The monoisotopic (exact) mass is 416 g/mol. The van der Waals surface area contributed by atoms with E-state index in [1.165, 1.54) is 6.07 Å². The molecule has 0 saturated carbocycles. The van der Waals surface area contributed by atoms with Gasteiger partial charge in [-0.25, -0.2) is 17.2 Å². The summed E-state index contributed by atoms with van der Waals surface area (Å²) < 4.78 is 51.9. The summed E-state index contributed by atoms with van der Waals surface area (Å²) in [6.07, 6.45) is 1.10. The summed E-state index contributed by atoms with van der Waals surface area (Å²) in [6.45, 7) is 0. The molecule has 0 unspecified atom stereocenters. The van der Waals surface area contributed by atoms with Crippen molar-refractivity contribution in [3.8, 4) is 0 Å². The second-order valence-corrected chi connectivity index (χ2v) is 9.54. The minimum atomic E-state index is -2.96. The molecule has 1 aliphatic rings. The molecule has 7 nitrogen and oxygen atoms in total. The van der Waals surface area contributed by atoms with Crippen molar-refractivity contribution in [2.45, 2.75) is 18.0 Å². The quantitative estimate of drug-likeness (QED) is 0.722. The molecule has 1 fully saturated rings. The van der Waals surface area contributed by atoms with E-state index in [0.29, 0.717) is 23.8 Å². The van der Waals surface area contributed by atoms with Gasteiger partial charge in [0, 0.05) is 13.5 Å². The SMILES string of the molecule is Cn1c(C[C@@H]2CCS(=O)(=O)C2)nnc1SCC(=O)Nc1c(F)cccc1F. The first kappa shape index (κ1) is 19.7. The lowest BCUT2D eigenvalue weighted by Gasteiger charge is -2.08. The van der Waals surface area contributed by atoms with Crippen LogP contribution < -0.4 is 5.32 Å². The average Bonchev–Trinajstić information content (AvgIpc) is 3.12. The largest absolute Gasteiger partial charge is 0.320 e. The number of anilines is 1. The highest BCUT2D eigenvalue weighted by Gasteiger charge is 2.29. The number of hydrogen-bond donors (Lipinski definition) is 1. The van der Waals surface area contributed by atoms with E-state index in [2.05, 4.69) is 15.5 Å². The normalized spacial score (nSPS) is 18.6. The third-order valence-corrected chi connectivity index (χ3v) is 7.14. The Morgan fingerprint density at radius 3 is 2.67 bits per heavy atom. The molecule has 1 aromatic carbocycles. The van der Waals surface area contributed by atoms with Crippen LogP contribution in [-0.2, 0) is 28.1 Å². The van der Waals surface area contributed by atoms with Crippen LogP contribution in [0.2, 0.25) is 0 Å². The molecule has 0 radical (unpaired) electrons. The number of benzene rings is 1. The lowest BCUT2D eigenvalue weighted by molar-refractivity contribution is -0.113.